The Morgan fingerprint density at radius 1 is 1.30 bits per heavy atom. The zero-order valence-corrected chi connectivity index (χ0v) is 19.7. The third kappa shape index (κ3) is 5.80. The Morgan fingerprint density at radius 2 is 2.06 bits per heavy atom. The molecular weight excluding hydrogens is 496 g/mol. The molecular formula is C22H21BrN4O6. The molecule has 0 N–H and O–H groups in total. The number of ether oxygens (including phenoxy) is 2. The summed E-state index contributed by atoms with van der Waals surface area (Å²) in [7, 11) is 0. The average Bonchev–Trinajstić information content (AvgIpc) is 2.77. The molecule has 3 rings (SSSR count). The first kappa shape index (κ1) is 24.1. The van der Waals surface area contributed by atoms with E-state index < -0.39 is 10.9 Å². The second kappa shape index (κ2) is 10.3. The van der Waals surface area contributed by atoms with Crippen molar-refractivity contribution in [1.82, 2.24) is 9.66 Å². The zero-order chi connectivity index (χ0) is 24.1. The Morgan fingerprint density at radius 3 is 2.73 bits per heavy atom. The lowest BCUT2D eigenvalue weighted by atomic mass is 10.2. The Hall–Kier alpha value is -3.60. The summed E-state index contributed by atoms with van der Waals surface area (Å²) >= 11 is 3.34. The SMILES string of the molecule is CCc1nc2ccc(Br)cc2c(=O)n1N=Cc1cc([N+](=O)[O-])ccc1OCC(=O)OC(C)C. The van der Waals surface area contributed by atoms with E-state index in [1.54, 1.807) is 32.0 Å². The molecule has 0 saturated carbocycles. The van der Waals surface area contributed by atoms with Crippen LogP contribution < -0.4 is 10.3 Å². The van der Waals surface area contributed by atoms with Crippen molar-refractivity contribution in [2.24, 2.45) is 5.10 Å². The Balaban J connectivity index is 2.03. The van der Waals surface area contributed by atoms with Crippen LogP contribution in [0.25, 0.3) is 10.9 Å². The van der Waals surface area contributed by atoms with E-state index in [9.17, 15) is 19.7 Å². The fourth-order valence-electron chi connectivity index (χ4n) is 2.98. The standard InChI is InChI=1S/C22H21BrN4O6/c1-4-20-25-18-7-5-15(23)10-17(18)22(29)26(20)24-11-14-9-16(27(30)31)6-8-19(14)32-12-21(28)33-13(2)3/h5-11,13H,4,12H2,1-3H3. The van der Waals surface area contributed by atoms with Gasteiger partial charge < -0.3 is 9.47 Å². The third-order valence-electron chi connectivity index (χ3n) is 4.42. The molecule has 0 aliphatic rings. The fraction of sp³-hybridized carbons (Fsp3) is 0.273. The highest BCUT2D eigenvalue weighted by molar-refractivity contribution is 9.10. The molecule has 0 fully saturated rings. The van der Waals surface area contributed by atoms with Crippen molar-refractivity contribution < 1.29 is 19.2 Å². The molecule has 0 radical (unpaired) electrons. The second-order valence-electron chi connectivity index (χ2n) is 7.21. The molecule has 0 amide bonds. The summed E-state index contributed by atoms with van der Waals surface area (Å²) in [5.41, 5.74) is 0.166. The van der Waals surface area contributed by atoms with Crippen molar-refractivity contribution in [3.8, 4) is 5.75 Å². The maximum atomic E-state index is 13.0. The smallest absolute Gasteiger partial charge is 0.344 e. The summed E-state index contributed by atoms with van der Waals surface area (Å²) in [4.78, 5) is 40.0. The number of carbonyl (C=O) groups is 1. The van der Waals surface area contributed by atoms with Crippen molar-refractivity contribution in [3.05, 3.63) is 72.7 Å². The first-order valence-electron chi connectivity index (χ1n) is 10.1. The number of hydrogen-bond donors (Lipinski definition) is 0. The quantitative estimate of drug-likeness (QED) is 0.192. The van der Waals surface area contributed by atoms with Crippen LogP contribution in [0.5, 0.6) is 5.75 Å². The molecule has 0 aliphatic heterocycles. The van der Waals surface area contributed by atoms with Crippen molar-refractivity contribution >= 4 is 44.7 Å². The normalized spacial score (nSPS) is 11.3. The van der Waals surface area contributed by atoms with Gasteiger partial charge in [-0.05, 0) is 38.1 Å². The van der Waals surface area contributed by atoms with Crippen molar-refractivity contribution in [2.75, 3.05) is 6.61 Å². The molecule has 0 saturated heterocycles. The van der Waals surface area contributed by atoms with Crippen LogP contribution >= 0.6 is 15.9 Å². The number of nitrogens with zero attached hydrogens (tertiary/aromatic N) is 4. The number of nitro groups is 1. The van der Waals surface area contributed by atoms with Crippen LogP contribution in [-0.4, -0.2) is 39.5 Å². The van der Waals surface area contributed by atoms with Gasteiger partial charge in [-0.2, -0.15) is 9.78 Å². The number of benzene rings is 2. The predicted molar refractivity (Wildman–Crippen MR) is 126 cm³/mol. The van der Waals surface area contributed by atoms with Crippen LogP contribution in [-0.2, 0) is 16.0 Å². The van der Waals surface area contributed by atoms with Crippen LogP contribution in [0.15, 0.2) is 50.8 Å². The molecule has 2 aromatic carbocycles. The highest BCUT2D eigenvalue weighted by Crippen LogP contribution is 2.23. The first-order valence-corrected chi connectivity index (χ1v) is 10.8. The summed E-state index contributed by atoms with van der Waals surface area (Å²) in [5.74, 6) is 0.00663. The zero-order valence-electron chi connectivity index (χ0n) is 18.1. The summed E-state index contributed by atoms with van der Waals surface area (Å²) in [6.07, 6.45) is 1.39. The van der Waals surface area contributed by atoms with Gasteiger partial charge in [0.25, 0.3) is 11.2 Å². The molecule has 33 heavy (non-hydrogen) atoms. The van der Waals surface area contributed by atoms with Crippen molar-refractivity contribution in [2.45, 2.75) is 33.3 Å². The monoisotopic (exact) mass is 516 g/mol. The molecule has 1 aromatic heterocycles. The Labute approximate surface area is 197 Å². The van der Waals surface area contributed by atoms with Crippen molar-refractivity contribution in [1.29, 1.82) is 0 Å². The number of non-ortho nitro benzene ring substituents is 1. The highest BCUT2D eigenvalue weighted by atomic mass is 79.9. The fourth-order valence-corrected chi connectivity index (χ4v) is 3.34. The lowest BCUT2D eigenvalue weighted by molar-refractivity contribution is -0.384. The number of esters is 1. The lowest BCUT2D eigenvalue weighted by Crippen LogP contribution is -2.22. The summed E-state index contributed by atoms with van der Waals surface area (Å²) in [5, 5.41) is 15.8. The van der Waals surface area contributed by atoms with Gasteiger partial charge in [-0.25, -0.2) is 9.78 Å². The van der Waals surface area contributed by atoms with Gasteiger partial charge in [-0.3, -0.25) is 14.9 Å². The number of carbonyl (C=O) groups excluding carboxylic acids is 1. The van der Waals surface area contributed by atoms with E-state index in [2.05, 4.69) is 26.0 Å². The molecule has 172 valence electrons. The van der Waals surface area contributed by atoms with E-state index in [0.29, 0.717) is 23.1 Å². The van der Waals surface area contributed by atoms with E-state index in [1.165, 1.54) is 24.4 Å². The molecule has 1 heterocycles. The molecule has 3 aromatic rings. The van der Waals surface area contributed by atoms with Gasteiger partial charge in [0.1, 0.15) is 11.6 Å². The van der Waals surface area contributed by atoms with E-state index in [4.69, 9.17) is 9.47 Å². The molecule has 0 atom stereocenters. The van der Waals surface area contributed by atoms with E-state index in [1.807, 2.05) is 6.92 Å². The van der Waals surface area contributed by atoms with Gasteiger partial charge in [0.05, 0.1) is 28.1 Å². The second-order valence-corrected chi connectivity index (χ2v) is 8.13. The number of halogens is 1. The molecule has 0 bridgehead atoms. The average molecular weight is 517 g/mol. The predicted octanol–water partition coefficient (Wildman–Crippen LogP) is 3.84. The van der Waals surface area contributed by atoms with E-state index >= 15 is 0 Å². The van der Waals surface area contributed by atoms with Gasteiger partial charge >= 0.3 is 5.97 Å². The Kier molecular flexibility index (Phi) is 7.54. The van der Waals surface area contributed by atoms with Gasteiger partial charge in [-0.15, -0.1) is 0 Å². The van der Waals surface area contributed by atoms with E-state index in [-0.39, 0.29) is 35.3 Å². The highest BCUT2D eigenvalue weighted by Gasteiger charge is 2.14. The number of aryl methyl sites for hydroxylation is 1. The number of fused-ring (bicyclic) bond motifs is 1. The summed E-state index contributed by atoms with van der Waals surface area (Å²) in [6.45, 7) is 4.87. The number of nitro benzene ring substituents is 1. The van der Waals surface area contributed by atoms with Crippen LogP contribution in [0.1, 0.15) is 32.2 Å². The molecule has 10 nitrogen and oxygen atoms in total. The maximum Gasteiger partial charge on any atom is 0.344 e. The molecule has 11 heteroatoms. The molecule has 0 aliphatic carbocycles. The van der Waals surface area contributed by atoms with Crippen LogP contribution in [0, 0.1) is 10.1 Å². The lowest BCUT2D eigenvalue weighted by Gasteiger charge is -2.11. The minimum Gasteiger partial charge on any atom is -0.481 e. The minimum atomic E-state index is -0.583. The van der Waals surface area contributed by atoms with Crippen molar-refractivity contribution in [3.63, 3.8) is 0 Å². The van der Waals surface area contributed by atoms with Gasteiger partial charge in [0, 0.05) is 28.6 Å². The number of aromatic nitrogens is 2. The van der Waals surface area contributed by atoms with Gasteiger partial charge in [-0.1, -0.05) is 22.9 Å². The molecule has 0 unspecified atom stereocenters. The maximum absolute atomic E-state index is 13.0. The number of rotatable bonds is 8. The van der Waals surface area contributed by atoms with Gasteiger partial charge in [0.2, 0.25) is 0 Å². The van der Waals surface area contributed by atoms with E-state index in [0.717, 1.165) is 9.15 Å². The first-order chi connectivity index (χ1) is 15.7. The minimum absolute atomic E-state index is 0.174. The van der Waals surface area contributed by atoms with Crippen LogP contribution in [0.4, 0.5) is 5.69 Å². The summed E-state index contributed by atoms with van der Waals surface area (Å²) in [6, 6.07) is 9.03. The van der Waals surface area contributed by atoms with Gasteiger partial charge in [0.15, 0.2) is 6.61 Å². The number of hydrogen-bond acceptors (Lipinski definition) is 8. The molecule has 0 spiro atoms. The topological polar surface area (TPSA) is 126 Å². The van der Waals surface area contributed by atoms with Crippen LogP contribution in [0.3, 0.4) is 0 Å². The van der Waals surface area contributed by atoms with Crippen LogP contribution in [0.2, 0.25) is 0 Å². The summed E-state index contributed by atoms with van der Waals surface area (Å²) < 4.78 is 12.4. The Bertz CT molecular complexity index is 1300. The largest absolute Gasteiger partial charge is 0.481 e. The third-order valence-corrected chi connectivity index (χ3v) is 4.91.